The molecule has 0 aliphatic heterocycles. The van der Waals surface area contributed by atoms with E-state index in [1.54, 1.807) is 25.0 Å². The van der Waals surface area contributed by atoms with Crippen molar-refractivity contribution >= 4 is 16.9 Å². The molecule has 0 bridgehead atoms. The van der Waals surface area contributed by atoms with Gasteiger partial charge in [0.25, 0.3) is 0 Å². The van der Waals surface area contributed by atoms with Crippen LogP contribution in [0.4, 0.5) is 0 Å². The van der Waals surface area contributed by atoms with E-state index in [4.69, 9.17) is 4.74 Å². The third kappa shape index (κ3) is 1.65. The van der Waals surface area contributed by atoms with Gasteiger partial charge in [0.1, 0.15) is 11.3 Å². The largest absolute Gasteiger partial charge is 0.496 e. The van der Waals surface area contributed by atoms with E-state index in [1.165, 1.54) is 6.20 Å². The number of hydrogen-bond donors (Lipinski definition) is 2. The fourth-order valence-corrected chi connectivity index (χ4v) is 2.42. The van der Waals surface area contributed by atoms with Crippen LogP contribution in [0.15, 0.2) is 30.6 Å². The van der Waals surface area contributed by atoms with E-state index in [2.05, 4.69) is 10.1 Å². The van der Waals surface area contributed by atoms with Crippen molar-refractivity contribution in [2.75, 3.05) is 7.11 Å². The van der Waals surface area contributed by atoms with Crippen LogP contribution in [0, 0.1) is 0 Å². The fourth-order valence-electron chi connectivity index (χ4n) is 2.42. The second-order valence-electron chi connectivity index (χ2n) is 4.42. The summed E-state index contributed by atoms with van der Waals surface area (Å²) in [4.78, 5) is 14.5. The summed E-state index contributed by atoms with van der Waals surface area (Å²) in [6.45, 7) is 0. The second-order valence-corrected chi connectivity index (χ2v) is 4.42. The van der Waals surface area contributed by atoms with E-state index in [9.17, 15) is 9.90 Å². The Hall–Kier alpha value is -2.76. The summed E-state index contributed by atoms with van der Waals surface area (Å²) in [5.74, 6) is -0.311. The van der Waals surface area contributed by atoms with Crippen LogP contribution in [0.2, 0.25) is 0 Å². The monoisotopic (exact) mass is 271 g/mol. The lowest BCUT2D eigenvalue weighted by Crippen LogP contribution is -2.00. The van der Waals surface area contributed by atoms with Gasteiger partial charge in [-0.05, 0) is 12.1 Å². The first-order valence-electron chi connectivity index (χ1n) is 6.03. The third-order valence-electron chi connectivity index (χ3n) is 3.31. The van der Waals surface area contributed by atoms with Gasteiger partial charge in [-0.15, -0.1) is 0 Å². The number of aromatic amines is 1. The Morgan fingerprint density at radius 1 is 1.45 bits per heavy atom. The maximum absolute atomic E-state index is 11.3. The highest BCUT2D eigenvalue weighted by Gasteiger charge is 2.21. The van der Waals surface area contributed by atoms with E-state index in [0.29, 0.717) is 11.4 Å². The molecule has 0 atom stereocenters. The number of carboxylic acids is 1. The first-order chi connectivity index (χ1) is 9.63. The van der Waals surface area contributed by atoms with Gasteiger partial charge in [-0.3, -0.25) is 4.68 Å². The van der Waals surface area contributed by atoms with Crippen molar-refractivity contribution in [3.8, 4) is 17.0 Å². The Kier molecular flexibility index (Phi) is 2.71. The van der Waals surface area contributed by atoms with Crippen molar-refractivity contribution < 1.29 is 14.6 Å². The van der Waals surface area contributed by atoms with Gasteiger partial charge in [-0.25, -0.2) is 4.79 Å². The standard InChI is InChI=1S/C14H13N3O3/c1-17-13(9(7-16-17)14(18)19)8-6-15-10-4-3-5-11(20-2)12(8)10/h3-7,15H,1-2H3,(H,18,19). The van der Waals surface area contributed by atoms with Crippen LogP contribution in [-0.4, -0.2) is 33.0 Å². The highest BCUT2D eigenvalue weighted by Crippen LogP contribution is 2.36. The van der Waals surface area contributed by atoms with Gasteiger partial charge in [-0.2, -0.15) is 5.10 Å². The number of ether oxygens (including phenoxy) is 1. The molecule has 0 aliphatic rings. The number of carboxylic acid groups (broad SMARTS) is 1. The van der Waals surface area contributed by atoms with Crippen molar-refractivity contribution in [3.05, 3.63) is 36.2 Å². The third-order valence-corrected chi connectivity index (χ3v) is 3.31. The van der Waals surface area contributed by atoms with Gasteiger partial charge < -0.3 is 14.8 Å². The maximum Gasteiger partial charge on any atom is 0.339 e. The molecule has 0 saturated carbocycles. The summed E-state index contributed by atoms with van der Waals surface area (Å²) in [5, 5.41) is 14.2. The number of rotatable bonds is 3. The number of benzene rings is 1. The quantitative estimate of drug-likeness (QED) is 0.765. The summed E-state index contributed by atoms with van der Waals surface area (Å²) in [5.41, 5.74) is 2.36. The Morgan fingerprint density at radius 3 is 2.95 bits per heavy atom. The normalized spacial score (nSPS) is 10.9. The molecule has 2 heterocycles. The van der Waals surface area contributed by atoms with Crippen molar-refractivity contribution in [2.45, 2.75) is 0 Å². The van der Waals surface area contributed by atoms with Crippen LogP contribution in [0.25, 0.3) is 22.2 Å². The molecule has 0 unspecified atom stereocenters. The summed E-state index contributed by atoms with van der Waals surface area (Å²) in [6, 6.07) is 5.64. The Morgan fingerprint density at radius 2 is 2.25 bits per heavy atom. The molecule has 6 heteroatoms. The molecule has 0 aliphatic carbocycles. The number of hydrogen-bond acceptors (Lipinski definition) is 3. The minimum Gasteiger partial charge on any atom is -0.496 e. The van der Waals surface area contributed by atoms with Crippen molar-refractivity contribution in [1.29, 1.82) is 0 Å². The van der Waals surface area contributed by atoms with E-state index in [1.807, 2.05) is 18.2 Å². The maximum atomic E-state index is 11.3. The van der Waals surface area contributed by atoms with E-state index >= 15 is 0 Å². The predicted molar refractivity (Wildman–Crippen MR) is 74.0 cm³/mol. The minimum atomic E-state index is -1.00. The van der Waals surface area contributed by atoms with E-state index in [0.717, 1.165) is 16.5 Å². The van der Waals surface area contributed by atoms with Gasteiger partial charge in [0.15, 0.2) is 0 Å². The number of nitrogens with zero attached hydrogens (tertiary/aromatic N) is 2. The fraction of sp³-hybridized carbons (Fsp3) is 0.143. The average Bonchev–Trinajstić information content (AvgIpc) is 3.01. The lowest BCUT2D eigenvalue weighted by Gasteiger charge is -2.06. The molecule has 0 fully saturated rings. The van der Waals surface area contributed by atoms with Crippen molar-refractivity contribution in [2.24, 2.45) is 7.05 Å². The summed E-state index contributed by atoms with van der Waals surface area (Å²) < 4.78 is 6.92. The number of aryl methyl sites for hydroxylation is 1. The van der Waals surface area contributed by atoms with Crippen molar-refractivity contribution in [1.82, 2.24) is 14.8 Å². The molecular formula is C14H13N3O3. The van der Waals surface area contributed by atoms with Gasteiger partial charge in [0.05, 0.1) is 24.4 Å². The number of nitrogens with one attached hydrogen (secondary N) is 1. The smallest absolute Gasteiger partial charge is 0.339 e. The number of carbonyl (C=O) groups is 1. The topological polar surface area (TPSA) is 80.1 Å². The lowest BCUT2D eigenvalue weighted by molar-refractivity contribution is 0.0697. The van der Waals surface area contributed by atoms with E-state index < -0.39 is 5.97 Å². The summed E-state index contributed by atoms with van der Waals surface area (Å²) in [7, 11) is 3.31. The highest BCUT2D eigenvalue weighted by atomic mass is 16.5. The molecule has 1 aromatic carbocycles. The van der Waals surface area contributed by atoms with Gasteiger partial charge in [0.2, 0.25) is 0 Å². The van der Waals surface area contributed by atoms with Gasteiger partial charge in [-0.1, -0.05) is 6.07 Å². The molecule has 0 amide bonds. The SMILES string of the molecule is COc1cccc2[nH]cc(-c3c(C(=O)O)cnn3C)c12. The zero-order valence-electron chi connectivity index (χ0n) is 11.0. The molecule has 2 N–H and O–H groups in total. The number of H-pyrrole nitrogens is 1. The zero-order valence-corrected chi connectivity index (χ0v) is 11.0. The molecule has 3 rings (SSSR count). The average molecular weight is 271 g/mol. The molecule has 20 heavy (non-hydrogen) atoms. The Balaban J connectivity index is 2.36. The molecule has 3 aromatic rings. The molecular weight excluding hydrogens is 258 g/mol. The lowest BCUT2D eigenvalue weighted by atomic mass is 10.1. The zero-order chi connectivity index (χ0) is 14.3. The van der Waals surface area contributed by atoms with Gasteiger partial charge in [0, 0.05) is 24.3 Å². The summed E-state index contributed by atoms with van der Waals surface area (Å²) >= 11 is 0. The number of fused-ring (bicyclic) bond motifs is 1. The first kappa shape index (κ1) is 12.3. The molecule has 6 nitrogen and oxygen atoms in total. The molecule has 0 saturated heterocycles. The van der Waals surface area contributed by atoms with Crippen LogP contribution < -0.4 is 4.74 Å². The minimum absolute atomic E-state index is 0.166. The molecule has 102 valence electrons. The van der Waals surface area contributed by atoms with Crippen LogP contribution in [-0.2, 0) is 7.05 Å². The Labute approximate surface area is 114 Å². The highest BCUT2D eigenvalue weighted by molar-refractivity contribution is 6.04. The first-order valence-corrected chi connectivity index (χ1v) is 6.03. The van der Waals surface area contributed by atoms with Crippen LogP contribution >= 0.6 is 0 Å². The van der Waals surface area contributed by atoms with Gasteiger partial charge >= 0.3 is 5.97 Å². The van der Waals surface area contributed by atoms with Crippen LogP contribution in [0.5, 0.6) is 5.75 Å². The molecule has 0 radical (unpaired) electrons. The molecule has 2 aromatic heterocycles. The number of methoxy groups -OCH3 is 1. The summed E-state index contributed by atoms with van der Waals surface area (Å²) in [6.07, 6.45) is 3.13. The number of aromatic carboxylic acids is 1. The predicted octanol–water partition coefficient (Wildman–Crippen LogP) is 2.28. The molecule has 0 spiro atoms. The number of aromatic nitrogens is 3. The second kappa shape index (κ2) is 4.41. The van der Waals surface area contributed by atoms with Crippen molar-refractivity contribution in [3.63, 3.8) is 0 Å². The van der Waals surface area contributed by atoms with E-state index in [-0.39, 0.29) is 5.56 Å². The van der Waals surface area contributed by atoms with Crippen LogP contribution in [0.1, 0.15) is 10.4 Å². The van der Waals surface area contributed by atoms with Crippen LogP contribution in [0.3, 0.4) is 0 Å². The Bertz CT molecular complexity index is 801.